The zero-order valence-corrected chi connectivity index (χ0v) is 11.2. The Morgan fingerprint density at radius 1 is 1.60 bits per heavy atom. The van der Waals surface area contributed by atoms with E-state index < -0.39 is 16.6 Å². The monoisotopic (exact) mass is 278 g/mol. The number of ether oxygens (including phenoxy) is 1. The first kappa shape index (κ1) is 15.4. The van der Waals surface area contributed by atoms with Crippen LogP contribution in [0.4, 0.5) is 11.5 Å². The molecule has 0 aliphatic rings. The molecule has 0 bridgehead atoms. The van der Waals surface area contributed by atoms with E-state index in [0.717, 1.165) is 0 Å². The van der Waals surface area contributed by atoms with E-state index in [4.69, 9.17) is 10.00 Å². The van der Waals surface area contributed by atoms with E-state index in [2.05, 4.69) is 4.98 Å². The van der Waals surface area contributed by atoms with Crippen LogP contribution < -0.4 is 4.90 Å². The summed E-state index contributed by atoms with van der Waals surface area (Å²) in [5.74, 6) is -0.516. The van der Waals surface area contributed by atoms with Gasteiger partial charge in [0, 0.05) is 12.7 Å². The van der Waals surface area contributed by atoms with Crippen molar-refractivity contribution in [2.75, 3.05) is 24.6 Å². The number of nitro groups is 1. The summed E-state index contributed by atoms with van der Waals surface area (Å²) in [4.78, 5) is 27.2. The SMILES string of the molecule is CCOC(=O)CN(CC)c1nccc(C#N)c1[N+](=O)[O-]. The molecule has 1 rings (SSSR count). The van der Waals surface area contributed by atoms with E-state index in [1.807, 2.05) is 0 Å². The highest BCUT2D eigenvalue weighted by Gasteiger charge is 2.26. The van der Waals surface area contributed by atoms with Gasteiger partial charge in [0.1, 0.15) is 18.2 Å². The third kappa shape index (κ3) is 3.41. The Labute approximate surface area is 115 Å². The summed E-state index contributed by atoms with van der Waals surface area (Å²) >= 11 is 0. The highest BCUT2D eigenvalue weighted by atomic mass is 16.6. The summed E-state index contributed by atoms with van der Waals surface area (Å²) in [7, 11) is 0. The molecule has 0 spiro atoms. The Bertz CT molecular complexity index is 553. The molecule has 8 nitrogen and oxygen atoms in total. The summed E-state index contributed by atoms with van der Waals surface area (Å²) in [6.45, 7) is 3.79. The number of anilines is 1. The molecule has 0 aromatic carbocycles. The van der Waals surface area contributed by atoms with Gasteiger partial charge in [-0.3, -0.25) is 14.9 Å². The molecule has 8 heteroatoms. The molecule has 0 radical (unpaired) electrons. The van der Waals surface area contributed by atoms with Crippen LogP contribution in [0.3, 0.4) is 0 Å². The fraction of sp³-hybridized carbons (Fsp3) is 0.417. The van der Waals surface area contributed by atoms with E-state index in [1.54, 1.807) is 19.9 Å². The number of esters is 1. The van der Waals surface area contributed by atoms with E-state index >= 15 is 0 Å². The van der Waals surface area contributed by atoms with Crippen LogP contribution in [0.5, 0.6) is 0 Å². The number of nitriles is 1. The van der Waals surface area contributed by atoms with Gasteiger partial charge in [-0.2, -0.15) is 5.26 Å². The summed E-state index contributed by atoms with van der Waals surface area (Å²) in [6, 6.07) is 3.01. The molecule has 0 saturated carbocycles. The molecule has 0 atom stereocenters. The molecule has 1 aromatic heterocycles. The van der Waals surface area contributed by atoms with Crippen LogP contribution in [-0.2, 0) is 9.53 Å². The van der Waals surface area contributed by atoms with Gasteiger partial charge in [0.15, 0.2) is 0 Å². The van der Waals surface area contributed by atoms with Gasteiger partial charge < -0.3 is 9.64 Å². The topological polar surface area (TPSA) is 109 Å². The van der Waals surface area contributed by atoms with Crippen molar-refractivity contribution in [3.8, 4) is 6.07 Å². The number of carbonyl (C=O) groups excluding carboxylic acids is 1. The number of hydrogen-bond acceptors (Lipinski definition) is 7. The smallest absolute Gasteiger partial charge is 0.329 e. The normalized spacial score (nSPS) is 9.65. The lowest BCUT2D eigenvalue weighted by Gasteiger charge is -2.20. The molecular weight excluding hydrogens is 264 g/mol. The predicted octanol–water partition coefficient (Wildman–Crippen LogP) is 1.25. The van der Waals surface area contributed by atoms with Crippen molar-refractivity contribution in [1.29, 1.82) is 5.26 Å². The van der Waals surface area contributed by atoms with Crippen LogP contribution >= 0.6 is 0 Å². The number of rotatable bonds is 6. The van der Waals surface area contributed by atoms with Crippen molar-refractivity contribution in [2.45, 2.75) is 13.8 Å². The average Bonchev–Trinajstić information content (AvgIpc) is 2.44. The number of nitrogens with zero attached hydrogens (tertiary/aromatic N) is 4. The van der Waals surface area contributed by atoms with Gasteiger partial charge in [0.2, 0.25) is 5.82 Å². The van der Waals surface area contributed by atoms with Crippen molar-refractivity contribution in [2.24, 2.45) is 0 Å². The van der Waals surface area contributed by atoms with E-state index in [0.29, 0.717) is 6.54 Å². The highest BCUT2D eigenvalue weighted by Crippen LogP contribution is 2.28. The predicted molar refractivity (Wildman–Crippen MR) is 70.1 cm³/mol. The minimum Gasteiger partial charge on any atom is -0.465 e. The van der Waals surface area contributed by atoms with Crippen LogP contribution in [-0.4, -0.2) is 35.6 Å². The fourth-order valence-corrected chi connectivity index (χ4v) is 1.64. The Hall–Kier alpha value is -2.69. The molecule has 20 heavy (non-hydrogen) atoms. The molecule has 1 heterocycles. The zero-order chi connectivity index (χ0) is 15.1. The van der Waals surface area contributed by atoms with Gasteiger partial charge in [-0.05, 0) is 19.9 Å². The number of aromatic nitrogens is 1. The lowest BCUT2D eigenvalue weighted by Crippen LogP contribution is -2.32. The molecule has 0 N–H and O–H groups in total. The van der Waals surface area contributed by atoms with Crippen molar-refractivity contribution >= 4 is 17.5 Å². The lowest BCUT2D eigenvalue weighted by atomic mass is 10.2. The first-order chi connectivity index (χ1) is 9.54. The Morgan fingerprint density at radius 3 is 2.80 bits per heavy atom. The molecule has 0 fully saturated rings. The molecule has 0 unspecified atom stereocenters. The summed E-state index contributed by atoms with van der Waals surface area (Å²) in [5.41, 5.74) is -0.497. The van der Waals surface area contributed by atoms with Gasteiger partial charge in [0.05, 0.1) is 11.5 Å². The molecule has 1 aromatic rings. The maximum absolute atomic E-state index is 11.5. The minimum atomic E-state index is -0.672. The molecular formula is C12H14N4O4. The van der Waals surface area contributed by atoms with E-state index in [-0.39, 0.29) is 24.5 Å². The maximum Gasteiger partial charge on any atom is 0.329 e. The van der Waals surface area contributed by atoms with Gasteiger partial charge in [-0.15, -0.1) is 0 Å². The molecule has 0 saturated heterocycles. The maximum atomic E-state index is 11.5. The van der Waals surface area contributed by atoms with Crippen LogP contribution in [0.2, 0.25) is 0 Å². The van der Waals surface area contributed by atoms with Crippen LogP contribution in [0, 0.1) is 21.4 Å². The van der Waals surface area contributed by atoms with E-state index in [9.17, 15) is 14.9 Å². The van der Waals surface area contributed by atoms with Crippen LogP contribution in [0.25, 0.3) is 0 Å². The Morgan fingerprint density at radius 2 is 2.30 bits per heavy atom. The molecule has 0 aliphatic heterocycles. The first-order valence-corrected chi connectivity index (χ1v) is 5.99. The van der Waals surface area contributed by atoms with Crippen molar-refractivity contribution < 1.29 is 14.5 Å². The number of carbonyl (C=O) groups is 1. The standard InChI is InChI=1S/C12H14N4O4/c1-3-15(8-10(17)20-4-2)12-11(16(18)19)9(7-13)5-6-14-12/h5-6H,3-4,8H2,1-2H3. The summed E-state index contributed by atoms with van der Waals surface area (Å²) < 4.78 is 4.81. The van der Waals surface area contributed by atoms with Crippen molar-refractivity contribution in [1.82, 2.24) is 4.98 Å². The van der Waals surface area contributed by atoms with Gasteiger partial charge in [0.25, 0.3) is 0 Å². The number of likely N-dealkylation sites (N-methyl/N-ethyl adjacent to an activating group) is 1. The second kappa shape index (κ2) is 7.04. The molecule has 106 valence electrons. The highest BCUT2D eigenvalue weighted by molar-refractivity contribution is 5.77. The second-order valence-corrected chi connectivity index (χ2v) is 3.72. The van der Waals surface area contributed by atoms with Crippen molar-refractivity contribution in [3.05, 3.63) is 27.9 Å². The van der Waals surface area contributed by atoms with Gasteiger partial charge >= 0.3 is 11.7 Å². The third-order valence-corrected chi connectivity index (χ3v) is 2.51. The summed E-state index contributed by atoms with van der Waals surface area (Å²) in [5, 5.41) is 20.0. The first-order valence-electron chi connectivity index (χ1n) is 5.99. The third-order valence-electron chi connectivity index (χ3n) is 2.51. The largest absolute Gasteiger partial charge is 0.465 e. The van der Waals surface area contributed by atoms with Gasteiger partial charge in [-0.25, -0.2) is 4.98 Å². The second-order valence-electron chi connectivity index (χ2n) is 3.72. The summed E-state index contributed by atoms with van der Waals surface area (Å²) in [6.07, 6.45) is 1.30. The lowest BCUT2D eigenvalue weighted by molar-refractivity contribution is -0.384. The Balaban J connectivity index is 3.19. The minimum absolute atomic E-state index is 0.00963. The number of pyridine rings is 1. The quantitative estimate of drug-likeness (QED) is 0.437. The number of hydrogen-bond donors (Lipinski definition) is 0. The van der Waals surface area contributed by atoms with Crippen molar-refractivity contribution in [3.63, 3.8) is 0 Å². The molecule has 0 amide bonds. The molecule has 0 aliphatic carbocycles. The fourth-order valence-electron chi connectivity index (χ4n) is 1.64. The van der Waals surface area contributed by atoms with Gasteiger partial charge in [-0.1, -0.05) is 0 Å². The Kier molecular flexibility index (Phi) is 5.41. The average molecular weight is 278 g/mol. The van der Waals surface area contributed by atoms with Crippen LogP contribution in [0.15, 0.2) is 12.3 Å². The zero-order valence-electron chi connectivity index (χ0n) is 11.2. The van der Waals surface area contributed by atoms with E-state index in [1.165, 1.54) is 17.2 Å². The van der Waals surface area contributed by atoms with Crippen LogP contribution in [0.1, 0.15) is 19.4 Å².